The van der Waals surface area contributed by atoms with Gasteiger partial charge in [-0.25, -0.2) is 5.43 Å². The molecular formula is C12H19N3O2. The van der Waals surface area contributed by atoms with Gasteiger partial charge < -0.3 is 4.90 Å². The first-order valence-corrected chi connectivity index (χ1v) is 6.13. The van der Waals surface area contributed by atoms with Gasteiger partial charge in [0.25, 0.3) is 5.91 Å². The molecule has 5 nitrogen and oxygen atoms in total. The minimum absolute atomic E-state index is 0.0134. The maximum atomic E-state index is 12.1. The van der Waals surface area contributed by atoms with Crippen LogP contribution in [0.1, 0.15) is 39.5 Å². The highest BCUT2D eigenvalue weighted by Crippen LogP contribution is 2.29. The fourth-order valence-electron chi connectivity index (χ4n) is 2.13. The smallest absolute Gasteiger partial charge is 0.270 e. The van der Waals surface area contributed by atoms with Gasteiger partial charge in [0.1, 0.15) is 5.71 Å². The Morgan fingerprint density at radius 1 is 1.29 bits per heavy atom. The van der Waals surface area contributed by atoms with Gasteiger partial charge in [0.05, 0.1) is 0 Å². The zero-order chi connectivity index (χ0) is 12.5. The molecule has 94 valence electrons. The van der Waals surface area contributed by atoms with Crippen LogP contribution >= 0.6 is 0 Å². The molecule has 2 amide bonds. The van der Waals surface area contributed by atoms with Crippen LogP contribution in [0.15, 0.2) is 5.10 Å². The molecule has 17 heavy (non-hydrogen) atoms. The fraction of sp³-hybridized carbons (Fsp3) is 0.750. The molecule has 1 N–H and O–H groups in total. The number of rotatable bonds is 1. The van der Waals surface area contributed by atoms with E-state index in [1.165, 1.54) is 0 Å². The third kappa shape index (κ3) is 2.84. The summed E-state index contributed by atoms with van der Waals surface area (Å²) in [5, 5.41) is 3.85. The van der Waals surface area contributed by atoms with Crippen molar-refractivity contribution in [3.63, 3.8) is 0 Å². The number of carbonyl (C=O) groups is 2. The van der Waals surface area contributed by atoms with E-state index in [2.05, 4.69) is 24.4 Å². The molecular weight excluding hydrogens is 218 g/mol. The van der Waals surface area contributed by atoms with Crippen molar-refractivity contribution in [1.82, 2.24) is 10.3 Å². The van der Waals surface area contributed by atoms with Crippen LogP contribution in [0.3, 0.4) is 0 Å². The third-order valence-corrected chi connectivity index (χ3v) is 3.56. The molecule has 0 spiro atoms. The van der Waals surface area contributed by atoms with Gasteiger partial charge >= 0.3 is 0 Å². The second kappa shape index (κ2) is 4.47. The van der Waals surface area contributed by atoms with E-state index in [1.807, 2.05) is 4.90 Å². The molecule has 1 saturated heterocycles. The summed E-state index contributed by atoms with van der Waals surface area (Å²) in [4.78, 5) is 24.9. The van der Waals surface area contributed by atoms with Crippen molar-refractivity contribution >= 4 is 17.5 Å². The van der Waals surface area contributed by atoms with E-state index in [4.69, 9.17) is 0 Å². The van der Waals surface area contributed by atoms with Crippen LogP contribution in [0.25, 0.3) is 0 Å². The van der Waals surface area contributed by atoms with Crippen LogP contribution < -0.4 is 5.43 Å². The van der Waals surface area contributed by atoms with E-state index < -0.39 is 0 Å². The van der Waals surface area contributed by atoms with Gasteiger partial charge in [-0.1, -0.05) is 13.8 Å². The van der Waals surface area contributed by atoms with E-state index in [9.17, 15) is 9.59 Å². The van der Waals surface area contributed by atoms with Crippen LogP contribution in [0.4, 0.5) is 0 Å². The number of hydrogen-bond donors (Lipinski definition) is 1. The third-order valence-electron chi connectivity index (χ3n) is 3.56. The highest BCUT2D eigenvalue weighted by molar-refractivity contribution is 6.39. The molecule has 0 aromatic rings. The lowest BCUT2D eigenvalue weighted by Gasteiger charge is -2.37. The molecule has 1 fully saturated rings. The van der Waals surface area contributed by atoms with Crippen LogP contribution in [0, 0.1) is 5.41 Å². The first kappa shape index (κ1) is 12.1. The molecule has 0 radical (unpaired) electrons. The van der Waals surface area contributed by atoms with Gasteiger partial charge in [0.2, 0.25) is 5.91 Å². The van der Waals surface area contributed by atoms with Crippen molar-refractivity contribution in [3.8, 4) is 0 Å². The lowest BCUT2D eigenvalue weighted by atomic mass is 9.82. The van der Waals surface area contributed by atoms with E-state index in [-0.39, 0.29) is 11.8 Å². The number of likely N-dealkylation sites (tertiary alicyclic amines) is 1. The maximum Gasteiger partial charge on any atom is 0.270 e. The largest absolute Gasteiger partial charge is 0.338 e. The van der Waals surface area contributed by atoms with Crippen molar-refractivity contribution in [1.29, 1.82) is 0 Å². The molecule has 5 heteroatoms. The summed E-state index contributed by atoms with van der Waals surface area (Å²) in [6.07, 6.45) is 2.88. The lowest BCUT2D eigenvalue weighted by molar-refractivity contribution is -0.126. The van der Waals surface area contributed by atoms with E-state index in [0.717, 1.165) is 25.9 Å². The molecule has 0 aromatic carbocycles. The molecule has 2 aliphatic heterocycles. The van der Waals surface area contributed by atoms with Gasteiger partial charge in [-0.15, -0.1) is 0 Å². The van der Waals surface area contributed by atoms with Crippen molar-refractivity contribution < 1.29 is 9.59 Å². The Morgan fingerprint density at radius 3 is 2.47 bits per heavy atom. The highest BCUT2D eigenvalue weighted by atomic mass is 16.2. The standard InChI is InChI=1S/C12H19N3O2/c1-12(2)5-7-15(8-6-12)11(17)9-3-4-10(16)14-13-9/h3-8H2,1-2H3,(H,14,16). The number of carbonyl (C=O) groups excluding carboxylic acids is 2. The Bertz CT molecular complexity index is 364. The quantitative estimate of drug-likeness (QED) is 0.736. The van der Waals surface area contributed by atoms with Crippen LogP contribution in [-0.2, 0) is 9.59 Å². The van der Waals surface area contributed by atoms with Crippen molar-refractivity contribution in [3.05, 3.63) is 0 Å². The first-order chi connectivity index (χ1) is 7.98. The Kier molecular flexibility index (Phi) is 3.17. The monoisotopic (exact) mass is 237 g/mol. The van der Waals surface area contributed by atoms with Gasteiger partial charge in [-0.3, -0.25) is 9.59 Å². The van der Waals surface area contributed by atoms with Crippen molar-refractivity contribution in [2.24, 2.45) is 10.5 Å². The summed E-state index contributed by atoms with van der Waals surface area (Å²) in [6.45, 7) is 6.04. The summed E-state index contributed by atoms with van der Waals surface area (Å²) < 4.78 is 0. The van der Waals surface area contributed by atoms with Gasteiger partial charge in [0.15, 0.2) is 0 Å². The minimum Gasteiger partial charge on any atom is -0.338 e. The van der Waals surface area contributed by atoms with Crippen molar-refractivity contribution in [2.45, 2.75) is 39.5 Å². The van der Waals surface area contributed by atoms with Crippen LogP contribution in [-0.4, -0.2) is 35.5 Å². The summed E-state index contributed by atoms with van der Waals surface area (Å²) in [7, 11) is 0. The number of piperidine rings is 1. The molecule has 0 atom stereocenters. The van der Waals surface area contributed by atoms with Gasteiger partial charge in [0, 0.05) is 25.9 Å². The van der Waals surface area contributed by atoms with E-state index >= 15 is 0 Å². The lowest BCUT2D eigenvalue weighted by Crippen LogP contribution is -2.45. The zero-order valence-corrected chi connectivity index (χ0v) is 10.5. The second-order valence-corrected chi connectivity index (χ2v) is 5.55. The molecule has 0 aromatic heterocycles. The molecule has 0 aliphatic carbocycles. The van der Waals surface area contributed by atoms with Crippen LogP contribution in [0.2, 0.25) is 0 Å². The number of nitrogens with zero attached hydrogens (tertiary/aromatic N) is 2. The summed E-state index contributed by atoms with van der Waals surface area (Å²) in [5.41, 5.74) is 3.19. The van der Waals surface area contributed by atoms with E-state index in [1.54, 1.807) is 0 Å². The molecule has 0 unspecified atom stereocenters. The van der Waals surface area contributed by atoms with Gasteiger partial charge in [-0.05, 0) is 18.3 Å². The predicted molar refractivity (Wildman–Crippen MR) is 64.4 cm³/mol. The molecule has 2 rings (SSSR count). The molecule has 0 saturated carbocycles. The summed E-state index contributed by atoms with van der Waals surface area (Å²) in [6, 6.07) is 0. The number of hydrazone groups is 1. The average Bonchev–Trinajstić information content (AvgIpc) is 2.29. The predicted octanol–water partition coefficient (Wildman–Crippen LogP) is 0.901. The fourth-order valence-corrected chi connectivity index (χ4v) is 2.13. The normalized spacial score (nSPS) is 24.0. The molecule has 0 bridgehead atoms. The number of hydrogen-bond acceptors (Lipinski definition) is 3. The van der Waals surface area contributed by atoms with Crippen LogP contribution in [0.5, 0.6) is 0 Å². The Labute approximate surface area is 101 Å². The summed E-state index contributed by atoms with van der Waals surface area (Å²) in [5.74, 6) is -0.123. The minimum atomic E-state index is -0.110. The average molecular weight is 237 g/mol. The second-order valence-electron chi connectivity index (χ2n) is 5.55. The first-order valence-electron chi connectivity index (χ1n) is 6.13. The molecule has 2 aliphatic rings. The number of nitrogens with one attached hydrogen (secondary N) is 1. The number of amides is 2. The maximum absolute atomic E-state index is 12.1. The Hall–Kier alpha value is -1.39. The topological polar surface area (TPSA) is 61.8 Å². The SMILES string of the molecule is CC1(C)CCN(C(=O)C2=NNC(=O)CC2)CC1. The Balaban J connectivity index is 1.95. The summed E-state index contributed by atoms with van der Waals surface area (Å²) >= 11 is 0. The zero-order valence-electron chi connectivity index (χ0n) is 10.5. The highest BCUT2D eigenvalue weighted by Gasteiger charge is 2.30. The Morgan fingerprint density at radius 2 is 1.94 bits per heavy atom. The van der Waals surface area contributed by atoms with Gasteiger partial charge in [-0.2, -0.15) is 5.10 Å². The van der Waals surface area contributed by atoms with E-state index in [0.29, 0.717) is 24.0 Å². The molecule has 2 heterocycles. The van der Waals surface area contributed by atoms with Crippen molar-refractivity contribution in [2.75, 3.05) is 13.1 Å².